The Bertz CT molecular complexity index is 603. The van der Waals surface area contributed by atoms with Gasteiger partial charge in [-0.05, 0) is 68.5 Å². The van der Waals surface area contributed by atoms with Crippen molar-refractivity contribution in [3.63, 3.8) is 0 Å². The summed E-state index contributed by atoms with van der Waals surface area (Å²) in [6.07, 6.45) is 2.26. The van der Waals surface area contributed by atoms with Crippen molar-refractivity contribution < 1.29 is 18.0 Å². The number of carbonyl (C=O) groups is 1. The minimum atomic E-state index is -4.44. The maximum absolute atomic E-state index is 13.3. The molecule has 1 aromatic rings. The van der Waals surface area contributed by atoms with Crippen LogP contribution < -0.4 is 10.6 Å². The zero-order chi connectivity index (χ0) is 17.9. The van der Waals surface area contributed by atoms with E-state index in [-0.39, 0.29) is 23.4 Å². The van der Waals surface area contributed by atoms with Gasteiger partial charge in [0.25, 0.3) is 5.91 Å². The molecule has 1 aromatic carbocycles. The fourth-order valence-electron chi connectivity index (χ4n) is 3.85. The number of nitrogens with one attached hydrogen (secondary N) is 2. The third-order valence-corrected chi connectivity index (χ3v) is 5.30. The predicted octanol–water partition coefficient (Wildman–Crippen LogP) is 4.23. The van der Waals surface area contributed by atoms with Gasteiger partial charge in [0.2, 0.25) is 0 Å². The van der Waals surface area contributed by atoms with Crippen LogP contribution in [0.4, 0.5) is 13.2 Å². The number of alkyl halides is 3. The molecule has 138 valence electrons. The van der Waals surface area contributed by atoms with Gasteiger partial charge in [0.1, 0.15) is 0 Å². The summed E-state index contributed by atoms with van der Waals surface area (Å²) in [7, 11) is 0. The second-order valence-corrected chi connectivity index (χ2v) is 7.17. The number of carbonyl (C=O) groups excluding carboxylic acids is 1. The topological polar surface area (TPSA) is 41.1 Å². The highest BCUT2D eigenvalue weighted by Crippen LogP contribution is 2.34. The molecule has 0 atom stereocenters. The van der Waals surface area contributed by atoms with Crippen LogP contribution in [0.25, 0.3) is 0 Å². The van der Waals surface area contributed by atoms with E-state index in [9.17, 15) is 18.0 Å². The molecule has 3 rings (SSSR count). The van der Waals surface area contributed by atoms with E-state index in [4.69, 9.17) is 0 Å². The van der Waals surface area contributed by atoms with Gasteiger partial charge in [0, 0.05) is 11.6 Å². The molecule has 3 nitrogen and oxygen atoms in total. The van der Waals surface area contributed by atoms with Gasteiger partial charge in [-0.1, -0.05) is 19.3 Å². The zero-order valence-corrected chi connectivity index (χ0v) is 14.3. The van der Waals surface area contributed by atoms with Crippen LogP contribution in [0.1, 0.15) is 72.3 Å². The Balaban J connectivity index is 1.84. The summed E-state index contributed by atoms with van der Waals surface area (Å²) in [4.78, 5) is 12.5. The molecule has 0 radical (unpaired) electrons. The summed E-state index contributed by atoms with van der Waals surface area (Å²) in [5.74, 6) is -0.307. The van der Waals surface area contributed by atoms with Crippen molar-refractivity contribution in [3.05, 3.63) is 34.9 Å². The van der Waals surface area contributed by atoms with E-state index in [0.717, 1.165) is 64.1 Å². The van der Waals surface area contributed by atoms with E-state index in [1.54, 1.807) is 6.07 Å². The van der Waals surface area contributed by atoms with Crippen LogP contribution in [-0.2, 0) is 6.18 Å². The molecule has 1 aliphatic carbocycles. The number of hydrogen-bond acceptors (Lipinski definition) is 2. The minimum Gasteiger partial charge on any atom is -0.349 e. The first-order valence-corrected chi connectivity index (χ1v) is 9.17. The maximum atomic E-state index is 13.3. The van der Waals surface area contributed by atoms with Crippen LogP contribution in [0.2, 0.25) is 0 Å². The third kappa shape index (κ3) is 4.75. The molecule has 1 saturated heterocycles. The highest BCUT2D eigenvalue weighted by Gasteiger charge is 2.33. The summed E-state index contributed by atoms with van der Waals surface area (Å²) in [5.41, 5.74) is 0.0383. The Labute approximate surface area is 146 Å². The van der Waals surface area contributed by atoms with Crippen molar-refractivity contribution in [2.75, 3.05) is 13.1 Å². The molecule has 2 aliphatic rings. The first-order chi connectivity index (χ1) is 11.9. The average Bonchev–Trinajstić information content (AvgIpc) is 2.62. The number of hydrogen-bond donors (Lipinski definition) is 2. The molecule has 2 fully saturated rings. The van der Waals surface area contributed by atoms with Gasteiger partial charge in [-0.15, -0.1) is 0 Å². The van der Waals surface area contributed by atoms with Crippen LogP contribution in [0.5, 0.6) is 0 Å². The average molecular weight is 354 g/mol. The molecule has 25 heavy (non-hydrogen) atoms. The fraction of sp³-hybridized carbons (Fsp3) is 0.632. The van der Waals surface area contributed by atoms with Gasteiger partial charge in [0.15, 0.2) is 0 Å². The van der Waals surface area contributed by atoms with Crippen LogP contribution in [-0.4, -0.2) is 25.0 Å². The van der Waals surface area contributed by atoms with Gasteiger partial charge in [0.05, 0.1) is 5.56 Å². The smallest absolute Gasteiger partial charge is 0.349 e. The molecule has 0 aromatic heterocycles. The molecule has 1 saturated carbocycles. The van der Waals surface area contributed by atoms with Gasteiger partial charge in [-0.2, -0.15) is 13.2 Å². The molecular formula is C19H25F3N2O. The molecule has 1 aliphatic heterocycles. The first kappa shape index (κ1) is 18.2. The van der Waals surface area contributed by atoms with Crippen molar-refractivity contribution in [3.8, 4) is 0 Å². The number of halogens is 3. The monoisotopic (exact) mass is 354 g/mol. The Hall–Kier alpha value is -1.56. The highest BCUT2D eigenvalue weighted by molar-refractivity contribution is 5.94. The van der Waals surface area contributed by atoms with Crippen molar-refractivity contribution >= 4 is 5.91 Å². The molecular weight excluding hydrogens is 329 g/mol. The molecule has 2 N–H and O–H groups in total. The third-order valence-electron chi connectivity index (χ3n) is 5.30. The van der Waals surface area contributed by atoms with Crippen LogP contribution in [0.15, 0.2) is 18.2 Å². The van der Waals surface area contributed by atoms with E-state index >= 15 is 0 Å². The van der Waals surface area contributed by atoms with Crippen LogP contribution in [0, 0.1) is 0 Å². The van der Waals surface area contributed by atoms with Crippen molar-refractivity contribution in [2.45, 2.75) is 63.1 Å². The number of amides is 1. The Morgan fingerprint density at radius 1 is 1.00 bits per heavy atom. The van der Waals surface area contributed by atoms with E-state index < -0.39 is 11.7 Å². The molecule has 1 amide bonds. The quantitative estimate of drug-likeness (QED) is 0.853. The highest BCUT2D eigenvalue weighted by atomic mass is 19.4. The maximum Gasteiger partial charge on any atom is 0.416 e. The van der Waals surface area contributed by atoms with E-state index in [1.165, 1.54) is 6.07 Å². The second-order valence-electron chi connectivity index (χ2n) is 7.17. The van der Waals surface area contributed by atoms with Gasteiger partial charge >= 0.3 is 6.18 Å². The standard InChI is InChI=1S/C19H25F3N2O/c20-19(21,22)16-11-14(13-6-8-23-9-7-13)10-15(12-16)18(25)24-17-4-2-1-3-5-17/h10-13,17,23H,1-9H2,(H,24,25). The van der Waals surface area contributed by atoms with Crippen molar-refractivity contribution in [2.24, 2.45) is 0 Å². The van der Waals surface area contributed by atoms with Gasteiger partial charge in [-0.25, -0.2) is 0 Å². The van der Waals surface area contributed by atoms with Crippen LogP contribution >= 0.6 is 0 Å². The minimum absolute atomic E-state index is 0.0739. The fourth-order valence-corrected chi connectivity index (χ4v) is 3.85. The molecule has 0 spiro atoms. The summed E-state index contributed by atoms with van der Waals surface area (Å²) >= 11 is 0. The first-order valence-electron chi connectivity index (χ1n) is 9.17. The number of rotatable bonds is 3. The Morgan fingerprint density at radius 2 is 1.68 bits per heavy atom. The van der Waals surface area contributed by atoms with Crippen LogP contribution in [0.3, 0.4) is 0 Å². The van der Waals surface area contributed by atoms with Gasteiger partial charge < -0.3 is 10.6 Å². The van der Waals surface area contributed by atoms with Crippen molar-refractivity contribution in [1.29, 1.82) is 0 Å². The predicted molar refractivity (Wildman–Crippen MR) is 90.6 cm³/mol. The SMILES string of the molecule is O=C(NC1CCCCC1)c1cc(C2CCNCC2)cc(C(F)(F)F)c1. The summed E-state index contributed by atoms with van der Waals surface area (Å²) in [6, 6.07) is 3.94. The van der Waals surface area contributed by atoms with E-state index in [2.05, 4.69) is 10.6 Å². The molecule has 6 heteroatoms. The lowest BCUT2D eigenvalue weighted by Crippen LogP contribution is -2.36. The Kier molecular flexibility index (Phi) is 5.67. The number of benzene rings is 1. The summed E-state index contributed by atoms with van der Waals surface area (Å²) in [5, 5.41) is 6.14. The number of piperidine rings is 1. The zero-order valence-electron chi connectivity index (χ0n) is 14.3. The van der Waals surface area contributed by atoms with Gasteiger partial charge in [-0.3, -0.25) is 4.79 Å². The molecule has 1 heterocycles. The lowest BCUT2D eigenvalue weighted by atomic mass is 9.87. The van der Waals surface area contributed by atoms with E-state index in [0.29, 0.717) is 5.56 Å². The normalized spacial score (nSPS) is 20.4. The summed E-state index contributed by atoms with van der Waals surface area (Å²) < 4.78 is 39.9. The molecule has 0 unspecified atom stereocenters. The Morgan fingerprint density at radius 3 is 2.32 bits per heavy atom. The molecule has 0 bridgehead atoms. The lowest BCUT2D eigenvalue weighted by molar-refractivity contribution is -0.137. The second kappa shape index (κ2) is 7.77. The van der Waals surface area contributed by atoms with E-state index in [1.807, 2.05) is 0 Å². The van der Waals surface area contributed by atoms with Crippen molar-refractivity contribution in [1.82, 2.24) is 10.6 Å². The largest absolute Gasteiger partial charge is 0.416 e. The summed E-state index contributed by atoms with van der Waals surface area (Å²) in [6.45, 7) is 1.59. The lowest BCUT2D eigenvalue weighted by Gasteiger charge is -2.25.